The van der Waals surface area contributed by atoms with Gasteiger partial charge in [-0.05, 0) is 122 Å². The molecule has 6 heteroatoms. The minimum atomic E-state index is -0.800. The van der Waals surface area contributed by atoms with Gasteiger partial charge in [-0.2, -0.15) is 0 Å². The zero-order valence-corrected chi connectivity index (χ0v) is 49.0. The van der Waals surface area contributed by atoms with Gasteiger partial charge in [0.15, 0.2) is 6.10 Å². The molecule has 0 saturated heterocycles. The third kappa shape index (κ3) is 60.8. The highest BCUT2D eigenvalue weighted by atomic mass is 16.6. The van der Waals surface area contributed by atoms with E-state index in [-0.39, 0.29) is 31.1 Å². The predicted molar refractivity (Wildman–Crippen MR) is 325 cm³/mol. The normalized spacial score (nSPS) is 12.8. The topological polar surface area (TPSA) is 78.9 Å². The lowest BCUT2D eigenvalue weighted by atomic mass is 10.1. The first-order valence-electron chi connectivity index (χ1n) is 31.4. The van der Waals surface area contributed by atoms with Gasteiger partial charge < -0.3 is 14.2 Å². The zero-order chi connectivity index (χ0) is 54.3. The van der Waals surface area contributed by atoms with Crippen molar-refractivity contribution in [1.82, 2.24) is 0 Å². The van der Waals surface area contributed by atoms with Crippen LogP contribution in [0.4, 0.5) is 0 Å². The van der Waals surface area contributed by atoms with Crippen LogP contribution in [0.1, 0.15) is 290 Å². The summed E-state index contributed by atoms with van der Waals surface area (Å²) >= 11 is 0. The fourth-order valence-corrected chi connectivity index (χ4v) is 8.60. The largest absolute Gasteiger partial charge is 0.462 e. The maximum Gasteiger partial charge on any atom is 0.306 e. The fraction of sp³-hybridized carbons (Fsp3) is 0.696. The number of rotatable bonds is 56. The molecule has 0 aliphatic carbocycles. The first-order chi connectivity index (χ1) is 37.0. The van der Waals surface area contributed by atoms with Crippen molar-refractivity contribution in [2.75, 3.05) is 13.2 Å². The van der Waals surface area contributed by atoms with E-state index in [0.717, 1.165) is 135 Å². The maximum absolute atomic E-state index is 12.9. The molecule has 1 atom stereocenters. The second-order valence-corrected chi connectivity index (χ2v) is 20.5. The number of ether oxygens (including phenoxy) is 3. The molecule has 428 valence electrons. The molecule has 0 rings (SSSR count). The Morgan fingerprint density at radius 1 is 0.280 bits per heavy atom. The Hall–Kier alpha value is -3.93. The molecule has 0 amide bonds. The SMILES string of the molecule is CC/C=C\C/C=C\C/C=C\C/C=C\CCCCCCCCC(=O)OC(COC(=O)CCCCCC/C=C\C/C=C\C/C=C\C/C=C\CC)COC(=O)CCCCCCCCCCC/C=C\CCCCCCCCCC. The van der Waals surface area contributed by atoms with Crippen LogP contribution >= 0.6 is 0 Å². The molecule has 0 spiro atoms. The molecule has 75 heavy (non-hydrogen) atoms. The van der Waals surface area contributed by atoms with E-state index in [9.17, 15) is 14.4 Å². The molecule has 0 aromatic carbocycles. The molecule has 0 aliphatic heterocycles. The summed E-state index contributed by atoms with van der Waals surface area (Å²) in [4.78, 5) is 38.3. The zero-order valence-electron chi connectivity index (χ0n) is 49.0. The predicted octanol–water partition coefficient (Wildman–Crippen LogP) is 21.4. The minimum Gasteiger partial charge on any atom is -0.462 e. The summed E-state index contributed by atoms with van der Waals surface area (Å²) in [6, 6.07) is 0. The molecule has 0 bridgehead atoms. The van der Waals surface area contributed by atoms with E-state index in [1.165, 1.54) is 116 Å². The van der Waals surface area contributed by atoms with Crippen molar-refractivity contribution < 1.29 is 28.6 Å². The fourth-order valence-electron chi connectivity index (χ4n) is 8.60. The number of carbonyl (C=O) groups is 3. The van der Waals surface area contributed by atoms with E-state index >= 15 is 0 Å². The lowest BCUT2D eigenvalue weighted by molar-refractivity contribution is -0.167. The molecular formula is C69H116O6. The summed E-state index contributed by atoms with van der Waals surface area (Å²) in [5.41, 5.74) is 0. The highest BCUT2D eigenvalue weighted by Crippen LogP contribution is 2.15. The number of unbranched alkanes of at least 4 members (excludes halogenated alkanes) is 27. The molecule has 1 unspecified atom stereocenters. The Balaban J connectivity index is 4.44. The Morgan fingerprint density at radius 3 is 0.827 bits per heavy atom. The van der Waals surface area contributed by atoms with Gasteiger partial charge in [0.25, 0.3) is 0 Å². The first kappa shape index (κ1) is 71.1. The number of hydrogen-bond donors (Lipinski definition) is 0. The average molecular weight is 1040 g/mol. The van der Waals surface area contributed by atoms with Crippen molar-refractivity contribution >= 4 is 17.9 Å². The molecule has 0 aromatic heterocycles. The van der Waals surface area contributed by atoms with Gasteiger partial charge in [0, 0.05) is 19.3 Å². The number of esters is 3. The molecule has 6 nitrogen and oxygen atoms in total. The summed E-state index contributed by atoms with van der Waals surface area (Å²) in [5, 5.41) is 0. The number of hydrogen-bond acceptors (Lipinski definition) is 6. The molecule has 0 heterocycles. The van der Waals surface area contributed by atoms with Crippen molar-refractivity contribution in [1.29, 1.82) is 0 Å². The summed E-state index contributed by atoms with van der Waals surface area (Å²) < 4.78 is 16.9. The van der Waals surface area contributed by atoms with E-state index in [1.54, 1.807) is 0 Å². The van der Waals surface area contributed by atoms with Gasteiger partial charge in [-0.15, -0.1) is 0 Å². The monoisotopic (exact) mass is 1040 g/mol. The second-order valence-electron chi connectivity index (χ2n) is 20.5. The third-order valence-electron chi connectivity index (χ3n) is 13.2. The molecule has 0 fully saturated rings. The highest BCUT2D eigenvalue weighted by Gasteiger charge is 2.19. The second kappa shape index (κ2) is 62.6. The van der Waals surface area contributed by atoms with Crippen molar-refractivity contribution in [2.45, 2.75) is 297 Å². The van der Waals surface area contributed by atoms with Crippen LogP contribution in [0, 0.1) is 0 Å². The Morgan fingerprint density at radius 2 is 0.520 bits per heavy atom. The summed E-state index contributed by atoms with van der Waals surface area (Å²) in [6.45, 7) is 6.40. The van der Waals surface area contributed by atoms with Gasteiger partial charge in [0.1, 0.15) is 13.2 Å². The van der Waals surface area contributed by atoms with E-state index in [2.05, 4.69) is 130 Å². The molecule has 0 N–H and O–H groups in total. The molecule has 0 saturated carbocycles. The number of carbonyl (C=O) groups excluding carboxylic acids is 3. The maximum atomic E-state index is 12.9. The van der Waals surface area contributed by atoms with Gasteiger partial charge in [-0.25, -0.2) is 0 Å². The smallest absolute Gasteiger partial charge is 0.306 e. The van der Waals surface area contributed by atoms with E-state index in [4.69, 9.17) is 14.2 Å². The Labute approximate surface area is 463 Å². The van der Waals surface area contributed by atoms with Gasteiger partial charge in [-0.3, -0.25) is 14.4 Å². The summed E-state index contributed by atoms with van der Waals surface area (Å²) in [7, 11) is 0. The molecule has 0 radical (unpaired) electrons. The van der Waals surface area contributed by atoms with Gasteiger partial charge in [0.2, 0.25) is 0 Å². The van der Waals surface area contributed by atoms with Crippen LogP contribution in [-0.4, -0.2) is 37.2 Å². The van der Waals surface area contributed by atoms with E-state index in [0.29, 0.717) is 19.3 Å². The van der Waals surface area contributed by atoms with E-state index < -0.39 is 6.10 Å². The Kier molecular flexibility index (Phi) is 59.3. The Bertz CT molecular complexity index is 1520. The standard InChI is InChI=1S/C69H116O6/c1-4-7-10-13-16-19-22-25-28-31-33-34-36-38-41-44-47-50-53-56-59-62-68(71)74-65-66(64-73-67(70)61-58-55-52-49-46-43-40-37-30-27-24-21-18-15-12-9-6-3)75-69(72)63-60-57-54-51-48-45-42-39-35-32-29-26-23-20-17-14-11-8-5-2/h8-9,11-12,17-18,20-21,26-27,29-31,33,35,39-40,43,66H,4-7,10,13-16,19,22-25,28,32,34,36-38,41-42,44-65H2,1-3H3/b11-8-,12-9-,20-17-,21-18-,29-26-,30-27-,33-31-,39-35-,43-40-. The molecule has 0 aliphatic rings. The van der Waals surface area contributed by atoms with Crippen molar-refractivity contribution in [3.05, 3.63) is 109 Å². The highest BCUT2D eigenvalue weighted by molar-refractivity contribution is 5.71. The summed E-state index contributed by atoms with van der Waals surface area (Å²) in [6.07, 6.45) is 85.1. The van der Waals surface area contributed by atoms with Crippen LogP contribution in [0.2, 0.25) is 0 Å². The first-order valence-corrected chi connectivity index (χ1v) is 31.4. The molecular weight excluding hydrogens is 925 g/mol. The van der Waals surface area contributed by atoms with Crippen LogP contribution in [0.25, 0.3) is 0 Å². The van der Waals surface area contributed by atoms with Gasteiger partial charge >= 0.3 is 17.9 Å². The quantitative estimate of drug-likeness (QED) is 0.0261. The van der Waals surface area contributed by atoms with Gasteiger partial charge in [0.05, 0.1) is 0 Å². The van der Waals surface area contributed by atoms with Gasteiger partial charge in [-0.1, -0.05) is 259 Å². The lowest BCUT2D eigenvalue weighted by Gasteiger charge is -2.18. The van der Waals surface area contributed by atoms with Crippen molar-refractivity contribution in [3.63, 3.8) is 0 Å². The van der Waals surface area contributed by atoms with Crippen LogP contribution in [0.5, 0.6) is 0 Å². The van der Waals surface area contributed by atoms with Crippen molar-refractivity contribution in [2.24, 2.45) is 0 Å². The van der Waals surface area contributed by atoms with Crippen LogP contribution < -0.4 is 0 Å². The van der Waals surface area contributed by atoms with E-state index in [1.807, 2.05) is 0 Å². The minimum absolute atomic E-state index is 0.0938. The van der Waals surface area contributed by atoms with Crippen molar-refractivity contribution in [3.8, 4) is 0 Å². The lowest BCUT2D eigenvalue weighted by Crippen LogP contribution is -2.30. The van der Waals surface area contributed by atoms with Crippen LogP contribution in [0.15, 0.2) is 109 Å². The van der Waals surface area contributed by atoms with Crippen LogP contribution in [0.3, 0.4) is 0 Å². The molecule has 0 aromatic rings. The summed E-state index contributed by atoms with van der Waals surface area (Å²) in [5.74, 6) is -0.928. The number of allylic oxidation sites excluding steroid dienone is 18. The average Bonchev–Trinajstić information content (AvgIpc) is 3.41. The van der Waals surface area contributed by atoms with Crippen LogP contribution in [-0.2, 0) is 28.6 Å². The third-order valence-corrected chi connectivity index (χ3v) is 13.2.